The summed E-state index contributed by atoms with van der Waals surface area (Å²) in [6, 6.07) is 8.37. The Labute approximate surface area is 172 Å². The molecule has 1 saturated heterocycles. The average molecular weight is 415 g/mol. The predicted molar refractivity (Wildman–Crippen MR) is 103 cm³/mol. The molecular formula is C20H21N3O7. The van der Waals surface area contributed by atoms with Crippen LogP contribution in [0, 0.1) is 12.8 Å². The van der Waals surface area contributed by atoms with Crippen LogP contribution in [0.25, 0.3) is 0 Å². The summed E-state index contributed by atoms with van der Waals surface area (Å²) in [6.07, 6.45) is 1.28. The van der Waals surface area contributed by atoms with Crippen molar-refractivity contribution in [3.63, 3.8) is 0 Å². The molecule has 0 radical (unpaired) electrons. The second-order valence-electron chi connectivity index (χ2n) is 6.67. The van der Waals surface area contributed by atoms with Crippen molar-refractivity contribution >= 4 is 29.4 Å². The first-order chi connectivity index (χ1) is 14.4. The zero-order valence-corrected chi connectivity index (χ0v) is 16.5. The number of aryl methyl sites for hydroxylation is 1. The number of ether oxygens (including phenoxy) is 2. The van der Waals surface area contributed by atoms with E-state index in [1.807, 2.05) is 13.0 Å². The molecule has 30 heavy (non-hydrogen) atoms. The van der Waals surface area contributed by atoms with Crippen LogP contribution < -0.4 is 20.5 Å². The lowest BCUT2D eigenvalue weighted by Gasteiger charge is -2.20. The zero-order chi connectivity index (χ0) is 21.7. The number of anilines is 1. The third-order valence-electron chi connectivity index (χ3n) is 4.49. The minimum atomic E-state index is -0.732. The molecule has 1 atom stereocenters. The molecule has 0 saturated carbocycles. The maximum atomic E-state index is 12.4. The molecule has 2 aromatic rings. The van der Waals surface area contributed by atoms with E-state index in [-0.39, 0.29) is 24.6 Å². The number of nitrogens with zero attached hydrogens (tertiary/aromatic N) is 1. The molecule has 0 spiro atoms. The summed E-state index contributed by atoms with van der Waals surface area (Å²) in [5, 5.41) is 0. The number of benzene rings is 1. The largest absolute Gasteiger partial charge is 0.495 e. The van der Waals surface area contributed by atoms with Gasteiger partial charge in [-0.15, -0.1) is 0 Å². The third kappa shape index (κ3) is 4.77. The van der Waals surface area contributed by atoms with Gasteiger partial charge in [-0.3, -0.25) is 30.0 Å². The number of hydrogen-bond acceptors (Lipinski definition) is 7. The van der Waals surface area contributed by atoms with Crippen molar-refractivity contribution < 1.29 is 33.1 Å². The highest BCUT2D eigenvalue weighted by molar-refractivity contribution is 6.01. The topological polar surface area (TPSA) is 127 Å². The minimum absolute atomic E-state index is 0.0171. The lowest BCUT2D eigenvalue weighted by atomic mass is 10.1. The standard InChI is InChI=1S/C20H21N3O7/c1-12-5-6-15(28-2)14(8-12)23-10-13(9-18(23)25)20(27)30-11-17(24)21-22-19(26)16-4-3-7-29-16/h3-8,13H,9-11H2,1-2H3,(H,21,24)(H,22,26)/t13-/m1/s1. The van der Waals surface area contributed by atoms with Crippen molar-refractivity contribution in [1.82, 2.24) is 10.9 Å². The van der Waals surface area contributed by atoms with Crippen LogP contribution in [0.2, 0.25) is 0 Å². The summed E-state index contributed by atoms with van der Waals surface area (Å²) < 4.78 is 15.2. The van der Waals surface area contributed by atoms with Gasteiger partial charge in [0.2, 0.25) is 5.91 Å². The lowest BCUT2D eigenvalue weighted by Crippen LogP contribution is -2.43. The molecule has 0 aliphatic carbocycles. The van der Waals surface area contributed by atoms with Gasteiger partial charge in [-0.25, -0.2) is 0 Å². The number of carbonyl (C=O) groups is 4. The Morgan fingerprint density at radius 3 is 2.73 bits per heavy atom. The fourth-order valence-corrected chi connectivity index (χ4v) is 3.00. The third-order valence-corrected chi connectivity index (χ3v) is 4.49. The highest BCUT2D eigenvalue weighted by atomic mass is 16.5. The summed E-state index contributed by atoms with van der Waals surface area (Å²) in [5.41, 5.74) is 5.77. The maximum Gasteiger partial charge on any atom is 0.311 e. The second-order valence-corrected chi connectivity index (χ2v) is 6.67. The fourth-order valence-electron chi connectivity index (χ4n) is 3.00. The first-order valence-corrected chi connectivity index (χ1v) is 9.13. The number of rotatable bonds is 6. The highest BCUT2D eigenvalue weighted by Gasteiger charge is 2.37. The van der Waals surface area contributed by atoms with E-state index in [0.29, 0.717) is 11.4 Å². The molecule has 1 aromatic heterocycles. The van der Waals surface area contributed by atoms with E-state index in [0.717, 1.165) is 5.56 Å². The van der Waals surface area contributed by atoms with E-state index >= 15 is 0 Å². The van der Waals surface area contributed by atoms with Crippen LogP contribution >= 0.6 is 0 Å². The number of esters is 1. The molecule has 3 rings (SSSR count). The van der Waals surface area contributed by atoms with Gasteiger partial charge in [-0.2, -0.15) is 0 Å². The molecule has 2 N–H and O–H groups in total. The lowest BCUT2D eigenvalue weighted by molar-refractivity contribution is -0.152. The number of amides is 3. The number of hydrazine groups is 1. The Bertz CT molecular complexity index is 955. The van der Waals surface area contributed by atoms with Gasteiger partial charge in [-0.1, -0.05) is 6.07 Å². The van der Waals surface area contributed by atoms with E-state index in [9.17, 15) is 19.2 Å². The Morgan fingerprint density at radius 2 is 2.03 bits per heavy atom. The monoisotopic (exact) mass is 415 g/mol. The molecule has 0 unspecified atom stereocenters. The number of nitrogens with one attached hydrogen (secondary N) is 2. The van der Waals surface area contributed by atoms with Crippen molar-refractivity contribution in [2.75, 3.05) is 25.2 Å². The van der Waals surface area contributed by atoms with Crippen LogP contribution in [0.15, 0.2) is 41.0 Å². The van der Waals surface area contributed by atoms with E-state index in [1.54, 1.807) is 12.1 Å². The molecule has 1 aliphatic rings. The summed E-state index contributed by atoms with van der Waals surface area (Å²) in [6.45, 7) is 1.41. The molecule has 2 heterocycles. The summed E-state index contributed by atoms with van der Waals surface area (Å²) >= 11 is 0. The summed E-state index contributed by atoms with van der Waals surface area (Å²) in [5.74, 6) is -2.47. The summed E-state index contributed by atoms with van der Waals surface area (Å²) in [4.78, 5) is 49.6. The Balaban J connectivity index is 1.50. The number of carbonyl (C=O) groups excluding carboxylic acids is 4. The van der Waals surface area contributed by atoms with Gasteiger partial charge in [-0.05, 0) is 36.8 Å². The van der Waals surface area contributed by atoms with Crippen molar-refractivity contribution in [2.45, 2.75) is 13.3 Å². The van der Waals surface area contributed by atoms with Crippen molar-refractivity contribution in [3.8, 4) is 5.75 Å². The zero-order valence-electron chi connectivity index (χ0n) is 16.5. The van der Waals surface area contributed by atoms with Gasteiger partial charge in [0, 0.05) is 13.0 Å². The van der Waals surface area contributed by atoms with Crippen LogP contribution in [0.5, 0.6) is 5.75 Å². The van der Waals surface area contributed by atoms with E-state index < -0.39 is 30.3 Å². The average Bonchev–Trinajstić information content (AvgIpc) is 3.40. The van der Waals surface area contributed by atoms with Crippen molar-refractivity contribution in [3.05, 3.63) is 47.9 Å². The second kappa shape index (κ2) is 9.12. The number of hydrogen-bond donors (Lipinski definition) is 2. The van der Waals surface area contributed by atoms with Gasteiger partial charge in [0.1, 0.15) is 5.75 Å². The van der Waals surface area contributed by atoms with Crippen LogP contribution in [-0.2, 0) is 19.1 Å². The molecule has 10 heteroatoms. The SMILES string of the molecule is COc1ccc(C)cc1N1C[C@H](C(=O)OCC(=O)NNC(=O)c2ccco2)CC1=O. The van der Waals surface area contributed by atoms with Gasteiger partial charge >= 0.3 is 11.9 Å². The molecule has 0 bridgehead atoms. The van der Waals surface area contributed by atoms with E-state index in [1.165, 1.54) is 30.4 Å². The van der Waals surface area contributed by atoms with Crippen molar-refractivity contribution in [1.29, 1.82) is 0 Å². The van der Waals surface area contributed by atoms with E-state index in [2.05, 4.69) is 10.9 Å². The normalized spacial score (nSPS) is 15.6. The van der Waals surface area contributed by atoms with Crippen LogP contribution in [-0.4, -0.2) is 44.0 Å². The molecule has 10 nitrogen and oxygen atoms in total. The van der Waals surface area contributed by atoms with E-state index in [4.69, 9.17) is 13.9 Å². The van der Waals surface area contributed by atoms with Crippen LogP contribution in [0.1, 0.15) is 22.5 Å². The van der Waals surface area contributed by atoms with Gasteiger partial charge < -0.3 is 18.8 Å². The van der Waals surface area contributed by atoms with Gasteiger partial charge in [0.15, 0.2) is 12.4 Å². The number of methoxy groups -OCH3 is 1. The molecular weight excluding hydrogens is 394 g/mol. The highest BCUT2D eigenvalue weighted by Crippen LogP contribution is 2.34. The molecule has 1 aromatic carbocycles. The maximum absolute atomic E-state index is 12.4. The first kappa shape index (κ1) is 20.9. The molecule has 3 amide bonds. The quantitative estimate of drug-likeness (QED) is 0.531. The van der Waals surface area contributed by atoms with Crippen LogP contribution in [0.3, 0.4) is 0 Å². The molecule has 1 aliphatic heterocycles. The summed E-state index contributed by atoms with van der Waals surface area (Å²) in [7, 11) is 1.50. The van der Waals surface area contributed by atoms with Gasteiger partial charge in [0.05, 0.1) is 25.0 Å². The molecule has 158 valence electrons. The Morgan fingerprint density at radius 1 is 1.23 bits per heavy atom. The Kier molecular flexibility index (Phi) is 6.35. The number of furan rings is 1. The first-order valence-electron chi connectivity index (χ1n) is 9.13. The fraction of sp³-hybridized carbons (Fsp3) is 0.300. The predicted octanol–water partition coefficient (Wildman–Crippen LogP) is 0.954. The smallest absolute Gasteiger partial charge is 0.311 e. The minimum Gasteiger partial charge on any atom is -0.495 e. The van der Waals surface area contributed by atoms with Crippen LogP contribution in [0.4, 0.5) is 5.69 Å². The molecule has 1 fully saturated rings. The van der Waals surface area contributed by atoms with Gasteiger partial charge in [0.25, 0.3) is 5.91 Å². The van der Waals surface area contributed by atoms with Crippen molar-refractivity contribution in [2.24, 2.45) is 5.92 Å². The Hall–Kier alpha value is -3.82.